The van der Waals surface area contributed by atoms with Gasteiger partial charge in [-0.15, -0.1) is 0 Å². The Labute approximate surface area is 98.6 Å². The highest BCUT2D eigenvalue weighted by Gasteiger charge is 2.28. The van der Waals surface area contributed by atoms with Gasteiger partial charge in [0.15, 0.2) is 6.10 Å². The highest BCUT2D eigenvalue weighted by molar-refractivity contribution is 5.80. The zero-order valence-electron chi connectivity index (χ0n) is 9.58. The molecule has 92 valence electrons. The van der Waals surface area contributed by atoms with Crippen LogP contribution in [0.3, 0.4) is 0 Å². The number of aliphatic hydroxyl groups excluding tert-OH is 2. The number of methoxy groups -OCH3 is 1. The summed E-state index contributed by atoms with van der Waals surface area (Å²) in [5, 5.41) is 19.3. The average Bonchev–Trinajstić information content (AvgIpc) is 2.35. The molecule has 1 rings (SSSR count). The Hall–Kier alpha value is -1.72. The van der Waals surface area contributed by atoms with Crippen molar-refractivity contribution in [2.45, 2.75) is 19.1 Å². The lowest BCUT2D eigenvalue weighted by Gasteiger charge is -2.17. The smallest absolute Gasteiger partial charge is 0.337 e. The fourth-order valence-electron chi connectivity index (χ4n) is 1.48. The van der Waals surface area contributed by atoms with E-state index in [0.29, 0.717) is 6.29 Å². The monoisotopic (exact) mass is 238 g/mol. The van der Waals surface area contributed by atoms with Gasteiger partial charge in [-0.3, -0.25) is 4.79 Å². The number of carbonyl (C=O) groups excluding carboxylic acids is 2. The molecule has 1 aromatic rings. The van der Waals surface area contributed by atoms with E-state index in [1.165, 1.54) is 6.07 Å². The predicted octanol–water partition coefficient (Wildman–Crippen LogP) is 0.375. The molecule has 0 fully saturated rings. The molecule has 17 heavy (non-hydrogen) atoms. The normalized spacial score (nSPS) is 13.9. The van der Waals surface area contributed by atoms with Gasteiger partial charge in [0.25, 0.3) is 0 Å². The summed E-state index contributed by atoms with van der Waals surface area (Å²) in [6.45, 7) is 1.77. The lowest BCUT2D eigenvalue weighted by Crippen LogP contribution is -2.29. The van der Waals surface area contributed by atoms with Crippen LogP contribution in [-0.2, 0) is 9.53 Å². The van der Waals surface area contributed by atoms with Gasteiger partial charge >= 0.3 is 5.97 Å². The average molecular weight is 238 g/mol. The summed E-state index contributed by atoms with van der Waals surface area (Å²) >= 11 is 0. The zero-order chi connectivity index (χ0) is 13.0. The first-order valence-corrected chi connectivity index (χ1v) is 5.01. The number of aryl methyl sites for hydroxylation is 1. The van der Waals surface area contributed by atoms with E-state index in [1.54, 1.807) is 19.1 Å². The molecule has 0 radical (unpaired) electrons. The van der Waals surface area contributed by atoms with Crippen molar-refractivity contribution in [1.29, 1.82) is 0 Å². The highest BCUT2D eigenvalue weighted by Crippen LogP contribution is 2.22. The molecule has 1 aromatic carbocycles. The van der Waals surface area contributed by atoms with Crippen LogP contribution in [0.4, 0.5) is 0 Å². The van der Waals surface area contributed by atoms with Crippen LogP contribution >= 0.6 is 0 Å². The van der Waals surface area contributed by atoms with Gasteiger partial charge in [0.05, 0.1) is 7.11 Å². The van der Waals surface area contributed by atoms with Crippen LogP contribution in [0.25, 0.3) is 0 Å². The first kappa shape index (κ1) is 13.3. The molecule has 5 heteroatoms. The van der Waals surface area contributed by atoms with Gasteiger partial charge in [0, 0.05) is 5.56 Å². The van der Waals surface area contributed by atoms with Crippen LogP contribution in [0.1, 0.15) is 27.6 Å². The summed E-state index contributed by atoms with van der Waals surface area (Å²) in [7, 11) is 1.11. The maximum atomic E-state index is 11.1. The zero-order valence-corrected chi connectivity index (χ0v) is 9.58. The van der Waals surface area contributed by atoms with Crippen LogP contribution in [0, 0.1) is 6.92 Å². The maximum Gasteiger partial charge on any atom is 0.337 e. The number of aldehydes is 1. The fraction of sp³-hybridized carbons (Fsp3) is 0.333. The van der Waals surface area contributed by atoms with Gasteiger partial charge in [-0.2, -0.15) is 0 Å². The molecule has 0 spiro atoms. The Morgan fingerprint density at radius 2 is 2.06 bits per heavy atom. The molecule has 0 aromatic heterocycles. The maximum absolute atomic E-state index is 11.1. The lowest BCUT2D eigenvalue weighted by atomic mass is 9.97. The minimum atomic E-state index is -1.71. The van der Waals surface area contributed by atoms with E-state index >= 15 is 0 Å². The molecule has 5 nitrogen and oxygen atoms in total. The van der Waals surface area contributed by atoms with Crippen LogP contribution < -0.4 is 0 Å². The molecule has 0 aliphatic carbocycles. The second-order valence-corrected chi connectivity index (χ2v) is 3.66. The van der Waals surface area contributed by atoms with Crippen LogP contribution in [0.5, 0.6) is 0 Å². The van der Waals surface area contributed by atoms with Crippen LogP contribution in [-0.4, -0.2) is 35.7 Å². The molecule has 2 unspecified atom stereocenters. The molecule has 0 bridgehead atoms. The van der Waals surface area contributed by atoms with E-state index in [-0.39, 0.29) is 11.1 Å². The van der Waals surface area contributed by atoms with Crippen molar-refractivity contribution in [2.75, 3.05) is 7.11 Å². The number of ether oxygens (including phenoxy) is 1. The van der Waals surface area contributed by atoms with E-state index < -0.39 is 18.2 Å². The third-order valence-corrected chi connectivity index (χ3v) is 2.43. The summed E-state index contributed by atoms with van der Waals surface area (Å²) in [6.07, 6.45) is -2.63. The Balaban J connectivity index is 3.10. The SMILES string of the molecule is COC(=O)C(O)C(O)c1cc(C)ccc1C=O. The molecular weight excluding hydrogens is 224 g/mol. The second kappa shape index (κ2) is 5.56. The molecule has 0 saturated heterocycles. The molecular formula is C12H14O5. The van der Waals surface area contributed by atoms with Crippen LogP contribution in [0.15, 0.2) is 18.2 Å². The van der Waals surface area contributed by atoms with Crippen molar-refractivity contribution in [1.82, 2.24) is 0 Å². The summed E-state index contributed by atoms with van der Waals surface area (Å²) in [5.74, 6) is -0.948. The van der Waals surface area contributed by atoms with Gasteiger partial charge in [-0.1, -0.05) is 23.8 Å². The summed E-state index contributed by atoms with van der Waals surface area (Å²) < 4.78 is 4.32. The van der Waals surface area contributed by atoms with Crippen LogP contribution in [0.2, 0.25) is 0 Å². The van der Waals surface area contributed by atoms with E-state index in [1.807, 2.05) is 0 Å². The third kappa shape index (κ3) is 2.89. The quantitative estimate of drug-likeness (QED) is 0.585. The first-order chi connectivity index (χ1) is 8.01. The molecule has 0 heterocycles. The number of carbonyl (C=O) groups is 2. The molecule has 2 atom stereocenters. The second-order valence-electron chi connectivity index (χ2n) is 3.66. The van der Waals surface area contributed by atoms with Gasteiger partial charge in [0.1, 0.15) is 12.4 Å². The van der Waals surface area contributed by atoms with Crippen molar-refractivity contribution in [3.63, 3.8) is 0 Å². The van der Waals surface area contributed by atoms with E-state index in [2.05, 4.69) is 4.74 Å². The largest absolute Gasteiger partial charge is 0.467 e. The molecule has 0 aliphatic heterocycles. The number of rotatable bonds is 4. The molecule has 0 saturated carbocycles. The minimum absolute atomic E-state index is 0.206. The Morgan fingerprint density at radius 1 is 1.41 bits per heavy atom. The van der Waals surface area contributed by atoms with E-state index in [0.717, 1.165) is 12.7 Å². The van der Waals surface area contributed by atoms with Crippen molar-refractivity contribution < 1.29 is 24.5 Å². The fourth-order valence-corrected chi connectivity index (χ4v) is 1.48. The number of hydrogen-bond donors (Lipinski definition) is 2. The molecule has 0 amide bonds. The minimum Gasteiger partial charge on any atom is -0.467 e. The van der Waals surface area contributed by atoms with E-state index in [9.17, 15) is 19.8 Å². The lowest BCUT2D eigenvalue weighted by molar-refractivity contribution is -0.156. The van der Waals surface area contributed by atoms with Gasteiger partial charge in [0.2, 0.25) is 0 Å². The summed E-state index contributed by atoms with van der Waals surface area (Å²) in [4.78, 5) is 21.9. The number of benzene rings is 1. The number of esters is 1. The van der Waals surface area contributed by atoms with Gasteiger partial charge < -0.3 is 14.9 Å². The topological polar surface area (TPSA) is 83.8 Å². The molecule has 0 aliphatic rings. The van der Waals surface area contributed by atoms with Crippen molar-refractivity contribution in [2.24, 2.45) is 0 Å². The van der Waals surface area contributed by atoms with Crippen molar-refractivity contribution in [3.8, 4) is 0 Å². The Morgan fingerprint density at radius 3 is 2.59 bits per heavy atom. The third-order valence-electron chi connectivity index (χ3n) is 2.43. The number of aliphatic hydroxyl groups is 2. The molecule has 2 N–H and O–H groups in total. The Kier molecular flexibility index (Phi) is 4.37. The highest BCUT2D eigenvalue weighted by atomic mass is 16.5. The standard InChI is InChI=1S/C12H14O5/c1-7-3-4-8(6-13)9(5-7)10(14)11(15)12(16)17-2/h3-6,10-11,14-15H,1-2H3. The summed E-state index contributed by atoms with van der Waals surface area (Å²) in [6, 6.07) is 4.76. The van der Waals surface area contributed by atoms with E-state index in [4.69, 9.17) is 0 Å². The Bertz CT molecular complexity index is 427. The first-order valence-electron chi connectivity index (χ1n) is 5.01. The van der Waals surface area contributed by atoms with Gasteiger partial charge in [-0.05, 0) is 12.5 Å². The summed E-state index contributed by atoms with van der Waals surface area (Å²) in [5.41, 5.74) is 1.24. The van der Waals surface area contributed by atoms with Crippen molar-refractivity contribution in [3.05, 3.63) is 34.9 Å². The number of hydrogen-bond acceptors (Lipinski definition) is 5. The van der Waals surface area contributed by atoms with Gasteiger partial charge in [-0.25, -0.2) is 4.79 Å². The van der Waals surface area contributed by atoms with Crippen molar-refractivity contribution >= 4 is 12.3 Å². The predicted molar refractivity (Wildman–Crippen MR) is 59.5 cm³/mol.